The summed E-state index contributed by atoms with van der Waals surface area (Å²) in [4.78, 5) is 24.4. The Kier molecular flexibility index (Phi) is 5.16. The highest BCUT2D eigenvalue weighted by Crippen LogP contribution is 2.22. The van der Waals surface area contributed by atoms with Crippen molar-refractivity contribution >= 4 is 23.6 Å². The monoisotopic (exact) mass is 365 g/mol. The first-order valence-electron chi connectivity index (χ1n) is 8.22. The lowest BCUT2D eigenvalue weighted by Gasteiger charge is -2.09. The third-order valence-electron chi connectivity index (χ3n) is 3.80. The number of phenols is 1. The van der Waals surface area contributed by atoms with Crippen LogP contribution in [-0.4, -0.2) is 26.0 Å². The molecule has 0 radical (unpaired) electrons. The molecular formula is C19H19N5O3. The Morgan fingerprint density at radius 3 is 2.59 bits per heavy atom. The van der Waals surface area contributed by atoms with E-state index in [9.17, 15) is 9.90 Å². The minimum absolute atomic E-state index is 0.00376. The Hall–Kier alpha value is -3.68. The molecule has 0 aliphatic carbocycles. The minimum atomic E-state index is -0.678. The molecule has 3 aromatic rings. The van der Waals surface area contributed by atoms with Crippen LogP contribution in [-0.2, 0) is 11.3 Å². The Labute approximate surface area is 156 Å². The van der Waals surface area contributed by atoms with Crippen LogP contribution >= 0.6 is 0 Å². The topological polar surface area (TPSA) is 123 Å². The third-order valence-corrected chi connectivity index (χ3v) is 3.80. The van der Waals surface area contributed by atoms with Crippen molar-refractivity contribution in [3.63, 3.8) is 0 Å². The number of carbonyl (C=O) groups excluding carboxylic acids is 1. The molecule has 0 unspecified atom stereocenters. The number of aromatic hydroxyl groups is 1. The molecule has 8 nitrogen and oxygen atoms in total. The van der Waals surface area contributed by atoms with Crippen LogP contribution < -0.4 is 11.1 Å². The van der Waals surface area contributed by atoms with Crippen LogP contribution in [0.15, 0.2) is 42.5 Å². The molecule has 138 valence electrons. The van der Waals surface area contributed by atoms with Gasteiger partial charge in [0.1, 0.15) is 11.3 Å². The number of hydrogen-bond donors (Lipinski definition) is 3. The van der Waals surface area contributed by atoms with Crippen LogP contribution in [0.4, 0.5) is 17.6 Å². The Balaban J connectivity index is 1.71. The van der Waals surface area contributed by atoms with Gasteiger partial charge in [-0.3, -0.25) is 0 Å². The molecule has 0 bridgehead atoms. The van der Waals surface area contributed by atoms with E-state index in [0.717, 1.165) is 11.3 Å². The van der Waals surface area contributed by atoms with E-state index in [1.807, 2.05) is 31.2 Å². The summed E-state index contributed by atoms with van der Waals surface area (Å²) in [7, 11) is 0. The van der Waals surface area contributed by atoms with Crippen LogP contribution in [0, 0.1) is 13.8 Å². The first-order valence-corrected chi connectivity index (χ1v) is 8.22. The van der Waals surface area contributed by atoms with E-state index in [1.165, 1.54) is 6.07 Å². The molecule has 0 aliphatic rings. The van der Waals surface area contributed by atoms with Crippen molar-refractivity contribution in [3.05, 3.63) is 65.0 Å². The van der Waals surface area contributed by atoms with E-state index in [1.54, 1.807) is 19.1 Å². The second-order valence-corrected chi connectivity index (χ2v) is 5.97. The standard InChI is InChI=1S/C19H19N5O3/c1-11-6-8-13(9-7-11)21-19-23-15(22-18(20)24-19)10-27-17(26)14-5-3-4-12(2)16(14)25/h3-9,25H,10H2,1-2H3,(H3,20,21,22,23,24). The summed E-state index contributed by atoms with van der Waals surface area (Å²) < 4.78 is 5.19. The number of esters is 1. The molecule has 8 heteroatoms. The number of nitrogens with two attached hydrogens (primary N) is 1. The van der Waals surface area contributed by atoms with Gasteiger partial charge in [-0.1, -0.05) is 29.8 Å². The van der Waals surface area contributed by atoms with Crippen molar-refractivity contribution in [1.29, 1.82) is 0 Å². The molecule has 0 fully saturated rings. The Morgan fingerprint density at radius 1 is 1.11 bits per heavy atom. The average Bonchev–Trinajstić information content (AvgIpc) is 2.63. The summed E-state index contributed by atoms with van der Waals surface area (Å²) in [6, 6.07) is 12.5. The number of benzene rings is 2. The van der Waals surface area contributed by atoms with Crippen molar-refractivity contribution in [2.24, 2.45) is 0 Å². The number of aromatic nitrogens is 3. The number of hydrogen-bond acceptors (Lipinski definition) is 8. The third kappa shape index (κ3) is 4.49. The van der Waals surface area contributed by atoms with Gasteiger partial charge in [0.25, 0.3) is 0 Å². The molecule has 3 rings (SSSR count). The van der Waals surface area contributed by atoms with Crippen LogP contribution in [0.1, 0.15) is 27.3 Å². The van der Waals surface area contributed by atoms with Crippen LogP contribution in [0.25, 0.3) is 0 Å². The van der Waals surface area contributed by atoms with E-state index in [0.29, 0.717) is 5.56 Å². The summed E-state index contributed by atoms with van der Waals surface area (Å²) >= 11 is 0. The number of phenolic OH excluding ortho intramolecular Hbond substituents is 1. The van der Waals surface area contributed by atoms with E-state index in [4.69, 9.17) is 10.5 Å². The number of carbonyl (C=O) groups is 1. The zero-order chi connectivity index (χ0) is 19.4. The van der Waals surface area contributed by atoms with Gasteiger partial charge in [0, 0.05) is 5.69 Å². The second kappa shape index (κ2) is 7.69. The van der Waals surface area contributed by atoms with Crippen molar-refractivity contribution in [2.45, 2.75) is 20.5 Å². The lowest BCUT2D eigenvalue weighted by atomic mass is 10.1. The molecule has 0 amide bonds. The molecular weight excluding hydrogens is 346 g/mol. The summed E-state index contributed by atoms with van der Waals surface area (Å²) in [6.45, 7) is 3.48. The molecule has 27 heavy (non-hydrogen) atoms. The van der Waals surface area contributed by atoms with Gasteiger partial charge in [-0.05, 0) is 37.6 Å². The first-order chi connectivity index (χ1) is 12.9. The molecule has 4 N–H and O–H groups in total. The molecule has 0 atom stereocenters. The predicted molar refractivity (Wildman–Crippen MR) is 101 cm³/mol. The zero-order valence-corrected chi connectivity index (χ0v) is 14.9. The highest BCUT2D eigenvalue weighted by atomic mass is 16.5. The van der Waals surface area contributed by atoms with E-state index in [-0.39, 0.29) is 35.6 Å². The second-order valence-electron chi connectivity index (χ2n) is 5.97. The molecule has 1 aromatic heterocycles. The van der Waals surface area contributed by atoms with Gasteiger partial charge in [0.15, 0.2) is 12.4 Å². The van der Waals surface area contributed by atoms with E-state index >= 15 is 0 Å². The van der Waals surface area contributed by atoms with E-state index in [2.05, 4.69) is 20.3 Å². The molecule has 0 aliphatic heterocycles. The van der Waals surface area contributed by atoms with Crippen molar-refractivity contribution in [1.82, 2.24) is 15.0 Å². The van der Waals surface area contributed by atoms with Crippen molar-refractivity contribution < 1.29 is 14.6 Å². The largest absolute Gasteiger partial charge is 0.507 e. The van der Waals surface area contributed by atoms with Crippen LogP contribution in [0.2, 0.25) is 0 Å². The fourth-order valence-electron chi connectivity index (χ4n) is 2.36. The fourth-order valence-corrected chi connectivity index (χ4v) is 2.36. The smallest absolute Gasteiger partial charge is 0.342 e. The number of aryl methyl sites for hydroxylation is 2. The number of rotatable bonds is 5. The van der Waals surface area contributed by atoms with Gasteiger partial charge in [-0.2, -0.15) is 15.0 Å². The zero-order valence-electron chi connectivity index (χ0n) is 14.9. The van der Waals surface area contributed by atoms with Gasteiger partial charge in [0.2, 0.25) is 11.9 Å². The number of nitrogens with one attached hydrogen (secondary N) is 1. The number of ether oxygens (including phenoxy) is 1. The SMILES string of the molecule is Cc1ccc(Nc2nc(N)nc(COC(=O)c3cccc(C)c3O)n2)cc1. The molecule has 0 saturated heterocycles. The maximum absolute atomic E-state index is 12.2. The van der Waals surface area contributed by atoms with Crippen LogP contribution in [0.5, 0.6) is 5.75 Å². The lowest BCUT2D eigenvalue weighted by Crippen LogP contribution is -2.11. The number of para-hydroxylation sites is 1. The summed E-state index contributed by atoms with van der Waals surface area (Å²) in [6.07, 6.45) is 0. The molecule has 2 aromatic carbocycles. The summed E-state index contributed by atoms with van der Waals surface area (Å²) in [5.41, 5.74) is 8.29. The van der Waals surface area contributed by atoms with Crippen LogP contribution in [0.3, 0.4) is 0 Å². The van der Waals surface area contributed by atoms with Crippen molar-refractivity contribution in [2.75, 3.05) is 11.1 Å². The van der Waals surface area contributed by atoms with Gasteiger partial charge in [-0.15, -0.1) is 0 Å². The normalized spacial score (nSPS) is 10.4. The van der Waals surface area contributed by atoms with E-state index < -0.39 is 5.97 Å². The summed E-state index contributed by atoms with van der Waals surface area (Å²) in [5.74, 6) is -0.347. The number of anilines is 3. The maximum atomic E-state index is 12.2. The predicted octanol–water partition coefficient (Wildman–Crippen LogP) is 2.88. The Morgan fingerprint density at radius 2 is 1.85 bits per heavy atom. The van der Waals surface area contributed by atoms with Gasteiger partial charge in [0.05, 0.1) is 0 Å². The molecule has 0 saturated carbocycles. The van der Waals surface area contributed by atoms with Gasteiger partial charge >= 0.3 is 5.97 Å². The Bertz CT molecular complexity index is 974. The maximum Gasteiger partial charge on any atom is 0.342 e. The number of nitrogens with zero attached hydrogens (tertiary/aromatic N) is 3. The van der Waals surface area contributed by atoms with Gasteiger partial charge < -0.3 is 20.9 Å². The highest BCUT2D eigenvalue weighted by molar-refractivity contribution is 5.92. The number of nitrogen functional groups attached to an aromatic ring is 1. The quantitative estimate of drug-likeness (QED) is 0.590. The molecule has 1 heterocycles. The fraction of sp³-hybridized carbons (Fsp3) is 0.158. The first kappa shape index (κ1) is 18.1. The van der Waals surface area contributed by atoms with Gasteiger partial charge in [-0.25, -0.2) is 4.79 Å². The highest BCUT2D eigenvalue weighted by Gasteiger charge is 2.15. The van der Waals surface area contributed by atoms with Crippen molar-refractivity contribution in [3.8, 4) is 5.75 Å². The average molecular weight is 365 g/mol. The molecule has 0 spiro atoms. The summed E-state index contributed by atoms with van der Waals surface area (Å²) in [5, 5.41) is 13.0. The minimum Gasteiger partial charge on any atom is -0.507 e. The lowest BCUT2D eigenvalue weighted by molar-refractivity contribution is 0.0458.